The summed E-state index contributed by atoms with van der Waals surface area (Å²) < 4.78 is 1.02. The van der Waals surface area contributed by atoms with Crippen LogP contribution in [0.15, 0.2) is 35.8 Å². The van der Waals surface area contributed by atoms with Gasteiger partial charge >= 0.3 is 0 Å². The number of hydrogen-bond donors (Lipinski definition) is 1. The standard InChI is InChI=1S/C13H7IN2O3S/c14-12-3-7(6-20-12)13(17)10-5-15-11-2-1-8(16(18)19)4-9(10)11/h1-6,15H. The highest BCUT2D eigenvalue weighted by molar-refractivity contribution is 14.1. The maximum atomic E-state index is 12.4. The summed E-state index contributed by atoms with van der Waals surface area (Å²) in [5.41, 5.74) is 1.75. The average Bonchev–Trinajstić information content (AvgIpc) is 3.03. The van der Waals surface area contributed by atoms with Crippen LogP contribution in [0.5, 0.6) is 0 Å². The van der Waals surface area contributed by atoms with Gasteiger partial charge in [-0.3, -0.25) is 14.9 Å². The second-order valence-electron chi connectivity index (χ2n) is 4.16. The number of nitro benzene ring substituents is 1. The van der Waals surface area contributed by atoms with Crippen LogP contribution in [-0.4, -0.2) is 15.7 Å². The topological polar surface area (TPSA) is 76.0 Å². The molecule has 0 amide bonds. The third-order valence-corrected chi connectivity index (χ3v) is 4.74. The number of carbonyl (C=O) groups excluding carboxylic acids is 1. The number of non-ortho nitro benzene ring substituents is 1. The van der Waals surface area contributed by atoms with Crippen LogP contribution in [0.4, 0.5) is 5.69 Å². The number of nitro groups is 1. The van der Waals surface area contributed by atoms with E-state index in [-0.39, 0.29) is 11.5 Å². The second kappa shape index (κ2) is 4.98. The van der Waals surface area contributed by atoms with Gasteiger partial charge in [-0.1, -0.05) is 0 Å². The Kier molecular flexibility index (Phi) is 3.30. The molecule has 5 nitrogen and oxygen atoms in total. The van der Waals surface area contributed by atoms with Gasteiger partial charge in [0.15, 0.2) is 5.78 Å². The molecule has 0 radical (unpaired) electrons. The maximum Gasteiger partial charge on any atom is 0.270 e. The van der Waals surface area contributed by atoms with Crippen LogP contribution >= 0.6 is 33.9 Å². The number of fused-ring (bicyclic) bond motifs is 1. The SMILES string of the molecule is O=C(c1csc(I)c1)c1c[nH]c2ccc([N+](=O)[O-])cc12. The van der Waals surface area contributed by atoms with Crippen LogP contribution in [0.25, 0.3) is 10.9 Å². The van der Waals surface area contributed by atoms with Gasteiger partial charge < -0.3 is 4.98 Å². The van der Waals surface area contributed by atoms with Crippen LogP contribution < -0.4 is 0 Å². The molecule has 3 rings (SSSR count). The summed E-state index contributed by atoms with van der Waals surface area (Å²) in [4.78, 5) is 25.8. The number of nitrogens with one attached hydrogen (secondary N) is 1. The van der Waals surface area contributed by atoms with Gasteiger partial charge in [-0.05, 0) is 34.7 Å². The Morgan fingerprint density at radius 1 is 1.35 bits per heavy atom. The molecule has 7 heteroatoms. The number of aromatic amines is 1. The summed E-state index contributed by atoms with van der Waals surface area (Å²) in [6, 6.07) is 6.27. The lowest BCUT2D eigenvalue weighted by Gasteiger charge is -1.97. The molecule has 3 aromatic rings. The molecule has 0 saturated heterocycles. The molecule has 2 heterocycles. The molecule has 0 fully saturated rings. The molecular formula is C13H7IN2O3S. The van der Waals surface area contributed by atoms with Gasteiger partial charge in [-0.25, -0.2) is 0 Å². The van der Waals surface area contributed by atoms with Crippen molar-refractivity contribution in [3.63, 3.8) is 0 Å². The van der Waals surface area contributed by atoms with E-state index in [2.05, 4.69) is 27.6 Å². The summed E-state index contributed by atoms with van der Waals surface area (Å²) in [7, 11) is 0. The first-order chi connectivity index (χ1) is 9.56. The molecule has 0 unspecified atom stereocenters. The quantitative estimate of drug-likeness (QED) is 0.314. The van der Waals surface area contributed by atoms with E-state index in [9.17, 15) is 14.9 Å². The van der Waals surface area contributed by atoms with Gasteiger partial charge in [0.05, 0.1) is 7.81 Å². The Labute approximate surface area is 130 Å². The zero-order valence-corrected chi connectivity index (χ0v) is 12.9. The zero-order valence-electron chi connectivity index (χ0n) is 9.92. The average molecular weight is 398 g/mol. The van der Waals surface area contributed by atoms with Crippen LogP contribution in [0, 0.1) is 13.0 Å². The molecule has 0 spiro atoms. The van der Waals surface area contributed by atoms with Gasteiger partial charge in [0.25, 0.3) is 5.69 Å². The van der Waals surface area contributed by atoms with Gasteiger partial charge in [0, 0.05) is 45.7 Å². The lowest BCUT2D eigenvalue weighted by Crippen LogP contribution is -1.98. The molecule has 1 N–H and O–H groups in total. The van der Waals surface area contributed by atoms with Crippen molar-refractivity contribution >= 4 is 56.3 Å². The van der Waals surface area contributed by atoms with Gasteiger partial charge in [-0.15, -0.1) is 11.3 Å². The maximum absolute atomic E-state index is 12.4. The smallest absolute Gasteiger partial charge is 0.270 e. The van der Waals surface area contributed by atoms with Crippen molar-refractivity contribution in [1.29, 1.82) is 0 Å². The minimum Gasteiger partial charge on any atom is -0.360 e. The molecule has 0 aliphatic heterocycles. The van der Waals surface area contributed by atoms with E-state index < -0.39 is 4.92 Å². The summed E-state index contributed by atoms with van der Waals surface area (Å²) in [5.74, 6) is -0.129. The number of nitrogens with zero attached hydrogens (tertiary/aromatic N) is 1. The Bertz CT molecular complexity index is 837. The number of benzene rings is 1. The monoisotopic (exact) mass is 398 g/mol. The largest absolute Gasteiger partial charge is 0.360 e. The minimum absolute atomic E-state index is 0.0222. The molecule has 0 atom stereocenters. The van der Waals surface area contributed by atoms with Crippen molar-refractivity contribution in [2.45, 2.75) is 0 Å². The predicted molar refractivity (Wildman–Crippen MR) is 85.4 cm³/mol. The van der Waals surface area contributed by atoms with E-state index in [1.54, 1.807) is 17.6 Å². The molecule has 100 valence electrons. The zero-order chi connectivity index (χ0) is 14.3. The minimum atomic E-state index is -0.464. The second-order valence-corrected chi connectivity index (χ2v) is 6.96. The van der Waals surface area contributed by atoms with E-state index in [1.807, 2.05) is 6.07 Å². The van der Waals surface area contributed by atoms with Crippen molar-refractivity contribution in [3.8, 4) is 0 Å². The summed E-state index contributed by atoms with van der Waals surface area (Å²) >= 11 is 3.64. The first kappa shape index (κ1) is 13.3. The molecule has 2 aromatic heterocycles. The normalized spacial score (nSPS) is 10.8. The van der Waals surface area contributed by atoms with Crippen LogP contribution in [0.2, 0.25) is 0 Å². The third-order valence-electron chi connectivity index (χ3n) is 2.95. The van der Waals surface area contributed by atoms with E-state index in [0.717, 1.165) is 2.88 Å². The fourth-order valence-corrected chi connectivity index (χ4v) is 3.32. The lowest BCUT2D eigenvalue weighted by molar-refractivity contribution is -0.384. The molecule has 0 bridgehead atoms. The Morgan fingerprint density at radius 3 is 2.80 bits per heavy atom. The fourth-order valence-electron chi connectivity index (χ4n) is 1.99. The molecule has 1 aromatic carbocycles. The lowest BCUT2D eigenvalue weighted by atomic mass is 10.0. The van der Waals surface area contributed by atoms with Crippen LogP contribution in [-0.2, 0) is 0 Å². The number of ketones is 1. The number of halogens is 1. The molecule has 0 saturated carbocycles. The third kappa shape index (κ3) is 2.22. The highest BCUT2D eigenvalue weighted by Gasteiger charge is 2.17. The summed E-state index contributed by atoms with van der Waals surface area (Å²) in [6.07, 6.45) is 1.60. The van der Waals surface area contributed by atoms with Gasteiger partial charge in [0.1, 0.15) is 0 Å². The van der Waals surface area contributed by atoms with Crippen molar-refractivity contribution in [2.75, 3.05) is 0 Å². The fraction of sp³-hybridized carbons (Fsp3) is 0. The Balaban J connectivity index is 2.14. The molecule has 0 aliphatic rings. The predicted octanol–water partition coefficient (Wildman–Crippen LogP) is 3.97. The first-order valence-electron chi connectivity index (χ1n) is 5.60. The Hall–Kier alpha value is -1.74. The van der Waals surface area contributed by atoms with Crippen LogP contribution in [0.1, 0.15) is 15.9 Å². The van der Waals surface area contributed by atoms with Crippen molar-refractivity contribution in [1.82, 2.24) is 4.98 Å². The highest BCUT2D eigenvalue weighted by atomic mass is 127. The van der Waals surface area contributed by atoms with E-state index in [0.29, 0.717) is 22.0 Å². The molecular weight excluding hydrogens is 391 g/mol. The Morgan fingerprint density at radius 2 is 2.15 bits per heavy atom. The van der Waals surface area contributed by atoms with Crippen molar-refractivity contribution < 1.29 is 9.72 Å². The summed E-state index contributed by atoms with van der Waals surface area (Å²) in [5, 5.41) is 13.2. The number of hydrogen-bond acceptors (Lipinski definition) is 4. The van der Waals surface area contributed by atoms with E-state index >= 15 is 0 Å². The van der Waals surface area contributed by atoms with Crippen molar-refractivity contribution in [3.05, 3.63) is 60.0 Å². The number of aromatic nitrogens is 1. The van der Waals surface area contributed by atoms with Crippen LogP contribution in [0.3, 0.4) is 0 Å². The number of H-pyrrole nitrogens is 1. The van der Waals surface area contributed by atoms with E-state index in [4.69, 9.17) is 0 Å². The molecule has 0 aliphatic carbocycles. The van der Waals surface area contributed by atoms with Gasteiger partial charge in [-0.2, -0.15) is 0 Å². The van der Waals surface area contributed by atoms with E-state index in [1.165, 1.54) is 23.5 Å². The highest BCUT2D eigenvalue weighted by Crippen LogP contribution is 2.27. The first-order valence-corrected chi connectivity index (χ1v) is 7.56. The van der Waals surface area contributed by atoms with Gasteiger partial charge in [0.2, 0.25) is 0 Å². The van der Waals surface area contributed by atoms with Crippen molar-refractivity contribution in [2.24, 2.45) is 0 Å². The summed E-state index contributed by atoms with van der Waals surface area (Å²) in [6.45, 7) is 0. The number of thiophene rings is 1. The number of carbonyl (C=O) groups is 1. The number of rotatable bonds is 3. The molecule has 20 heavy (non-hydrogen) atoms.